The minimum absolute atomic E-state index is 0.226. The Balaban J connectivity index is 0.000000396. The average molecular weight is 456 g/mol. The zero-order valence-corrected chi connectivity index (χ0v) is 19.8. The lowest BCUT2D eigenvalue weighted by Gasteiger charge is -2.16. The first-order chi connectivity index (χ1) is 15.4. The highest BCUT2D eigenvalue weighted by Gasteiger charge is 2.22. The van der Waals surface area contributed by atoms with E-state index in [0.29, 0.717) is 29.5 Å². The molecule has 0 atom stereocenters. The van der Waals surface area contributed by atoms with Crippen molar-refractivity contribution in [2.75, 3.05) is 7.05 Å². The van der Waals surface area contributed by atoms with E-state index < -0.39 is 0 Å². The summed E-state index contributed by atoms with van der Waals surface area (Å²) in [6.07, 6.45) is 5.95. The first kappa shape index (κ1) is 25.6. The van der Waals surface area contributed by atoms with Crippen molar-refractivity contribution in [2.45, 2.75) is 52.5 Å². The number of aldehydes is 1. The van der Waals surface area contributed by atoms with Crippen molar-refractivity contribution in [1.82, 2.24) is 4.57 Å². The van der Waals surface area contributed by atoms with E-state index in [4.69, 9.17) is 11.6 Å². The third-order valence-electron chi connectivity index (χ3n) is 5.35. The molecule has 0 spiro atoms. The number of hydrogen-bond donors (Lipinski definition) is 1. The van der Waals surface area contributed by atoms with E-state index in [1.165, 1.54) is 24.4 Å². The first-order valence-electron chi connectivity index (χ1n) is 10.9. The second-order valence-electron chi connectivity index (χ2n) is 8.11. The maximum Gasteiger partial charge on any atom is 0.123 e. The SMILES string of the molecule is CC(C)CC=O.CN.N#Cc1cc(Cl)c2c(c1)c1c(n2Cc2cccc(F)c2)CCCC1. The number of fused-ring (bicyclic) bond motifs is 3. The zero-order valence-electron chi connectivity index (χ0n) is 19.0. The van der Waals surface area contributed by atoms with Gasteiger partial charge in [0.15, 0.2) is 0 Å². The topological polar surface area (TPSA) is 71.8 Å². The summed E-state index contributed by atoms with van der Waals surface area (Å²) >= 11 is 6.52. The van der Waals surface area contributed by atoms with E-state index in [-0.39, 0.29) is 5.82 Å². The monoisotopic (exact) mass is 455 g/mol. The van der Waals surface area contributed by atoms with E-state index >= 15 is 0 Å². The third-order valence-corrected chi connectivity index (χ3v) is 5.64. The number of aryl methyl sites for hydroxylation is 1. The van der Waals surface area contributed by atoms with Gasteiger partial charge in [-0.1, -0.05) is 37.6 Å². The smallest absolute Gasteiger partial charge is 0.123 e. The Morgan fingerprint density at radius 1 is 1.22 bits per heavy atom. The Bertz CT molecular complexity index is 1100. The van der Waals surface area contributed by atoms with Crippen LogP contribution in [0.5, 0.6) is 0 Å². The number of nitriles is 1. The van der Waals surface area contributed by atoms with Crippen molar-refractivity contribution in [2.24, 2.45) is 11.7 Å². The van der Waals surface area contributed by atoms with Crippen molar-refractivity contribution < 1.29 is 9.18 Å². The summed E-state index contributed by atoms with van der Waals surface area (Å²) in [5.74, 6) is 0.304. The van der Waals surface area contributed by atoms with E-state index in [0.717, 1.165) is 48.4 Å². The van der Waals surface area contributed by atoms with Crippen molar-refractivity contribution in [1.29, 1.82) is 5.26 Å². The van der Waals surface area contributed by atoms with Crippen LogP contribution in [0.25, 0.3) is 10.9 Å². The van der Waals surface area contributed by atoms with Crippen LogP contribution in [0.4, 0.5) is 4.39 Å². The largest absolute Gasteiger partial charge is 0.339 e. The van der Waals surface area contributed by atoms with Gasteiger partial charge in [0.05, 0.1) is 22.2 Å². The van der Waals surface area contributed by atoms with Crippen LogP contribution in [0.15, 0.2) is 36.4 Å². The molecule has 0 unspecified atom stereocenters. The highest BCUT2D eigenvalue weighted by Crippen LogP contribution is 2.37. The van der Waals surface area contributed by atoms with Crippen LogP contribution < -0.4 is 5.73 Å². The number of benzene rings is 2. The van der Waals surface area contributed by atoms with Crippen molar-refractivity contribution in [3.05, 3.63) is 69.6 Å². The minimum Gasteiger partial charge on any atom is -0.339 e. The number of halogens is 2. The molecule has 0 saturated carbocycles. The first-order valence-corrected chi connectivity index (χ1v) is 11.3. The van der Waals surface area contributed by atoms with E-state index in [2.05, 4.69) is 16.4 Å². The van der Waals surface area contributed by atoms with Crippen molar-refractivity contribution >= 4 is 28.8 Å². The Morgan fingerprint density at radius 3 is 2.53 bits per heavy atom. The Morgan fingerprint density at radius 2 is 1.94 bits per heavy atom. The van der Waals surface area contributed by atoms with Crippen molar-refractivity contribution in [3.63, 3.8) is 0 Å². The average Bonchev–Trinajstić information content (AvgIpc) is 3.09. The molecule has 0 radical (unpaired) electrons. The number of hydrogen-bond acceptors (Lipinski definition) is 3. The van der Waals surface area contributed by atoms with Crippen LogP contribution in [-0.4, -0.2) is 17.9 Å². The van der Waals surface area contributed by atoms with Gasteiger partial charge in [-0.15, -0.1) is 0 Å². The number of carbonyl (C=O) groups is 1. The third kappa shape index (κ3) is 6.18. The van der Waals surface area contributed by atoms with Gasteiger partial charge in [0.25, 0.3) is 0 Å². The van der Waals surface area contributed by atoms with E-state index in [1.54, 1.807) is 18.2 Å². The van der Waals surface area contributed by atoms with E-state index in [1.807, 2.05) is 26.0 Å². The summed E-state index contributed by atoms with van der Waals surface area (Å²) in [5.41, 5.74) is 9.54. The normalized spacial score (nSPS) is 12.2. The number of aromatic nitrogens is 1. The van der Waals surface area contributed by atoms with Crippen LogP contribution in [0.2, 0.25) is 5.02 Å². The molecule has 6 heteroatoms. The molecule has 170 valence electrons. The maximum absolute atomic E-state index is 13.6. The molecule has 0 saturated heterocycles. The summed E-state index contributed by atoms with van der Waals surface area (Å²) < 4.78 is 15.8. The fourth-order valence-electron chi connectivity index (χ4n) is 3.97. The van der Waals surface area contributed by atoms with Crippen LogP contribution >= 0.6 is 11.6 Å². The highest BCUT2D eigenvalue weighted by molar-refractivity contribution is 6.35. The molecule has 4 rings (SSSR count). The molecule has 3 aromatic rings. The van der Waals surface area contributed by atoms with Crippen molar-refractivity contribution in [3.8, 4) is 6.07 Å². The lowest BCUT2D eigenvalue weighted by molar-refractivity contribution is -0.108. The predicted octanol–water partition coefficient (Wildman–Crippen LogP) is 6.04. The molecule has 1 aliphatic rings. The molecule has 0 bridgehead atoms. The molecule has 4 nitrogen and oxygen atoms in total. The summed E-state index contributed by atoms with van der Waals surface area (Å²) in [6, 6.07) is 12.5. The van der Waals surface area contributed by atoms with Gasteiger partial charge in [0, 0.05) is 24.0 Å². The van der Waals surface area contributed by atoms with Gasteiger partial charge in [0.2, 0.25) is 0 Å². The number of rotatable bonds is 4. The lowest BCUT2D eigenvalue weighted by Crippen LogP contribution is -2.09. The second kappa shape index (κ2) is 12.4. The lowest BCUT2D eigenvalue weighted by atomic mass is 9.95. The molecule has 1 aliphatic carbocycles. The van der Waals surface area contributed by atoms with Crippen LogP contribution in [0.3, 0.4) is 0 Å². The number of carbonyl (C=O) groups excluding carboxylic acids is 1. The molecule has 2 N–H and O–H groups in total. The molecule has 1 aromatic heterocycles. The molecule has 0 aliphatic heterocycles. The van der Waals surface area contributed by atoms with Gasteiger partial charge in [-0.2, -0.15) is 5.26 Å². The fourth-order valence-corrected chi connectivity index (χ4v) is 4.29. The van der Waals surface area contributed by atoms with Gasteiger partial charge in [-0.3, -0.25) is 0 Å². The molecule has 2 aromatic carbocycles. The minimum atomic E-state index is -0.226. The maximum atomic E-state index is 13.6. The van der Waals surface area contributed by atoms with Gasteiger partial charge >= 0.3 is 0 Å². The van der Waals surface area contributed by atoms with E-state index in [9.17, 15) is 14.4 Å². The quantitative estimate of drug-likeness (QED) is 0.487. The molecule has 0 amide bonds. The molecular weight excluding hydrogens is 425 g/mol. The number of nitrogens with two attached hydrogens (primary N) is 1. The summed E-state index contributed by atoms with van der Waals surface area (Å²) in [7, 11) is 1.50. The Hall–Kier alpha value is -2.68. The summed E-state index contributed by atoms with van der Waals surface area (Å²) in [6.45, 7) is 4.64. The van der Waals surface area contributed by atoms with Crippen LogP contribution in [-0.2, 0) is 24.2 Å². The molecule has 32 heavy (non-hydrogen) atoms. The summed E-state index contributed by atoms with van der Waals surface area (Å²) in [4.78, 5) is 9.62. The highest BCUT2D eigenvalue weighted by atomic mass is 35.5. The van der Waals surface area contributed by atoms with Gasteiger partial charge in [0.1, 0.15) is 12.1 Å². The Kier molecular flexibility index (Phi) is 9.90. The van der Waals surface area contributed by atoms with Crippen LogP contribution in [0.1, 0.15) is 55.5 Å². The summed E-state index contributed by atoms with van der Waals surface area (Å²) in [5, 5.41) is 10.9. The molecule has 1 heterocycles. The van der Waals surface area contributed by atoms with Gasteiger partial charge < -0.3 is 15.1 Å². The second-order valence-corrected chi connectivity index (χ2v) is 8.52. The molecular formula is C26H31ClFN3O. The predicted molar refractivity (Wildman–Crippen MR) is 129 cm³/mol. The Labute approximate surface area is 194 Å². The van der Waals surface area contributed by atoms with Gasteiger partial charge in [-0.05, 0) is 74.0 Å². The molecule has 0 fully saturated rings. The van der Waals surface area contributed by atoms with Gasteiger partial charge in [-0.25, -0.2) is 4.39 Å². The fraction of sp³-hybridized carbons (Fsp3) is 0.385. The number of nitrogens with zero attached hydrogens (tertiary/aromatic N) is 2. The standard InChI is InChI=1S/C20H16ClFN2.C5H10O.CH5N/c21-18-10-14(11-23)9-17-16-6-1-2-7-19(16)24(20(17)18)12-13-4-3-5-15(22)8-13;1-5(2)3-4-6;1-2/h3-5,8-10H,1-2,6-7,12H2;4-5H,3H2,1-2H3;2H2,1H3. The zero-order chi connectivity index (χ0) is 23.7. The van der Waals surface area contributed by atoms with Crippen LogP contribution in [0, 0.1) is 23.1 Å².